The van der Waals surface area contributed by atoms with Crippen LogP contribution in [0.2, 0.25) is 0 Å². The lowest BCUT2D eigenvalue weighted by Crippen LogP contribution is -2.33. The summed E-state index contributed by atoms with van der Waals surface area (Å²) < 4.78 is 4.81. The Balaban J connectivity index is 1.20. The maximum atomic E-state index is 5.26. The summed E-state index contributed by atoms with van der Waals surface area (Å²) in [6, 6.07) is 70.4. The molecule has 2 aromatic heterocycles. The molecule has 0 saturated carbocycles. The van der Waals surface area contributed by atoms with Gasteiger partial charge in [0.15, 0.2) is 11.0 Å². The van der Waals surface area contributed by atoms with Crippen LogP contribution >= 0.6 is 0 Å². The number of aromatic nitrogens is 4. The second kappa shape index (κ2) is 11.3. The van der Waals surface area contributed by atoms with Crippen LogP contribution in [-0.2, 0) is 5.41 Å². The quantitative estimate of drug-likeness (QED) is 0.182. The minimum absolute atomic E-state index is 0.535. The zero-order chi connectivity index (χ0) is 36.1. The molecule has 1 spiro atoms. The number of rotatable bonds is 4. The molecule has 0 fully saturated rings. The molecule has 2 aliphatic carbocycles. The molecule has 55 heavy (non-hydrogen) atoms. The summed E-state index contributed by atoms with van der Waals surface area (Å²) in [5.74, 6) is 2.00. The first-order valence-corrected chi connectivity index (χ1v) is 18.9. The molecule has 0 bridgehead atoms. The molecule has 12 rings (SSSR count). The normalized spacial score (nSPS) is 15.0. The predicted molar refractivity (Wildman–Crippen MR) is 222 cm³/mol. The number of nitrogens with one attached hydrogen (secondary N) is 1. The van der Waals surface area contributed by atoms with E-state index in [9.17, 15) is 0 Å². The van der Waals surface area contributed by atoms with E-state index in [4.69, 9.17) is 4.98 Å². The fourth-order valence-electron chi connectivity index (χ4n) is 9.75. The van der Waals surface area contributed by atoms with Gasteiger partial charge in [-0.3, -0.25) is 4.57 Å². The van der Waals surface area contributed by atoms with E-state index in [1.165, 1.54) is 44.5 Å². The molecule has 0 saturated heterocycles. The first kappa shape index (κ1) is 30.2. The summed E-state index contributed by atoms with van der Waals surface area (Å²) in [5, 5.41) is 0. The van der Waals surface area contributed by atoms with Crippen LogP contribution in [-0.4, -0.2) is 14.5 Å². The Labute approximate surface area is 318 Å². The van der Waals surface area contributed by atoms with Gasteiger partial charge >= 0.3 is 0 Å². The SMILES string of the molecule is c1ccc(-c2nc3ccccc3n2-c2cccc3c2-c2ccccc2C32c3ccccc3-c3c(-[n+]4c(-c5ccccc5)[nH]c5ccccc54)cccc32)cc1. The van der Waals surface area contributed by atoms with Crippen molar-refractivity contribution < 1.29 is 4.57 Å². The number of hydrogen-bond acceptors (Lipinski definition) is 1. The zero-order valence-corrected chi connectivity index (χ0v) is 29.8. The molecule has 8 aromatic carbocycles. The van der Waals surface area contributed by atoms with Crippen molar-refractivity contribution in [2.24, 2.45) is 0 Å². The lowest BCUT2D eigenvalue weighted by Gasteiger charge is -2.30. The van der Waals surface area contributed by atoms with E-state index in [-0.39, 0.29) is 0 Å². The van der Waals surface area contributed by atoms with Gasteiger partial charge < -0.3 is 0 Å². The summed E-state index contributed by atoms with van der Waals surface area (Å²) in [7, 11) is 0. The van der Waals surface area contributed by atoms with E-state index in [0.29, 0.717) is 0 Å². The van der Waals surface area contributed by atoms with Gasteiger partial charge in [-0.1, -0.05) is 146 Å². The van der Waals surface area contributed by atoms with Gasteiger partial charge in [-0.05, 0) is 81.9 Å². The Kier molecular flexibility index (Phi) is 6.23. The van der Waals surface area contributed by atoms with Crippen molar-refractivity contribution in [3.05, 3.63) is 216 Å². The number of hydrogen-bond donors (Lipinski definition) is 1. The molecule has 1 unspecified atom stereocenters. The number of imidazole rings is 2. The molecular weight excluding hydrogens is 669 g/mol. The first-order chi connectivity index (χ1) is 27.3. The summed E-state index contributed by atoms with van der Waals surface area (Å²) in [6.07, 6.45) is 0. The minimum Gasteiger partial charge on any atom is -0.292 e. The third-order valence-corrected chi connectivity index (χ3v) is 11.8. The number of benzene rings is 8. The third kappa shape index (κ3) is 4.00. The molecule has 0 radical (unpaired) electrons. The number of H-pyrrole nitrogens is 1. The number of fused-ring (bicyclic) bond motifs is 12. The van der Waals surface area contributed by atoms with Gasteiger partial charge in [0.2, 0.25) is 0 Å². The highest BCUT2D eigenvalue weighted by Crippen LogP contribution is 2.64. The molecule has 1 N–H and O–H groups in total. The minimum atomic E-state index is -0.535. The number of aromatic amines is 1. The summed E-state index contributed by atoms with van der Waals surface area (Å²) in [4.78, 5) is 9.05. The largest absolute Gasteiger partial charge is 0.292 e. The maximum absolute atomic E-state index is 5.26. The van der Waals surface area contributed by atoms with Gasteiger partial charge in [0.25, 0.3) is 5.82 Å². The second-order valence-corrected chi connectivity index (χ2v) is 14.6. The van der Waals surface area contributed by atoms with Crippen LogP contribution < -0.4 is 4.57 Å². The highest BCUT2D eigenvalue weighted by atomic mass is 15.1. The molecule has 4 heteroatoms. The Morgan fingerprint density at radius 2 is 1.05 bits per heavy atom. The van der Waals surface area contributed by atoms with E-state index >= 15 is 0 Å². The van der Waals surface area contributed by atoms with Crippen LogP contribution in [0.15, 0.2) is 194 Å². The summed E-state index contributed by atoms with van der Waals surface area (Å²) in [5.41, 5.74) is 18.5. The van der Waals surface area contributed by atoms with Crippen LogP contribution in [0.25, 0.3) is 78.5 Å². The fraction of sp³-hybridized carbons (Fsp3) is 0.0196. The van der Waals surface area contributed by atoms with Gasteiger partial charge in [-0.25, -0.2) is 9.97 Å². The van der Waals surface area contributed by atoms with Crippen molar-refractivity contribution in [3.8, 4) is 56.4 Å². The van der Waals surface area contributed by atoms with Crippen molar-refractivity contribution in [2.45, 2.75) is 5.41 Å². The van der Waals surface area contributed by atoms with E-state index in [2.05, 4.69) is 208 Å². The Morgan fingerprint density at radius 1 is 0.473 bits per heavy atom. The van der Waals surface area contributed by atoms with Crippen LogP contribution in [0.1, 0.15) is 22.3 Å². The molecule has 10 aromatic rings. The Hall–Kier alpha value is -7.30. The Bertz CT molecular complexity index is 2940. The fourth-order valence-corrected chi connectivity index (χ4v) is 9.75. The van der Waals surface area contributed by atoms with Crippen molar-refractivity contribution >= 4 is 22.1 Å². The van der Waals surface area contributed by atoms with Gasteiger partial charge in [-0.15, -0.1) is 0 Å². The van der Waals surface area contributed by atoms with Crippen molar-refractivity contribution in [1.29, 1.82) is 0 Å². The van der Waals surface area contributed by atoms with E-state index in [1.807, 2.05) is 0 Å². The highest BCUT2D eigenvalue weighted by molar-refractivity contribution is 6.00. The topological polar surface area (TPSA) is 37.5 Å². The smallest absolute Gasteiger partial charge is 0.292 e. The van der Waals surface area contributed by atoms with Crippen LogP contribution in [0, 0.1) is 0 Å². The number of para-hydroxylation sites is 4. The number of nitrogens with zero attached hydrogens (tertiary/aromatic N) is 3. The highest BCUT2D eigenvalue weighted by Gasteiger charge is 2.53. The molecule has 2 heterocycles. The molecule has 256 valence electrons. The van der Waals surface area contributed by atoms with E-state index in [1.54, 1.807) is 0 Å². The third-order valence-electron chi connectivity index (χ3n) is 11.8. The lowest BCUT2D eigenvalue weighted by molar-refractivity contribution is -0.554. The van der Waals surface area contributed by atoms with Crippen LogP contribution in [0.5, 0.6) is 0 Å². The Morgan fingerprint density at radius 3 is 1.84 bits per heavy atom. The standard InChI is InChI=1S/C51H32N4/c1-3-17-33(18-4-1)49-52-41-27-11-13-29-43(41)54(49)45-31-15-25-39-47(45)35-21-7-9-23-37(35)51(39)38-24-10-8-22-36(38)48-40(51)26-16-32-46(48)55-44-30-14-12-28-42(44)53-50(55)34-19-5-2-6-20-34/h1-32H/p+1. The van der Waals surface area contributed by atoms with Crippen LogP contribution in [0.3, 0.4) is 0 Å². The molecular formula is C51H33N4+. The van der Waals surface area contributed by atoms with Crippen LogP contribution in [0.4, 0.5) is 0 Å². The van der Waals surface area contributed by atoms with Gasteiger partial charge in [0.05, 0.1) is 27.7 Å². The van der Waals surface area contributed by atoms with Gasteiger partial charge in [0, 0.05) is 16.7 Å². The van der Waals surface area contributed by atoms with E-state index in [0.717, 1.165) is 56.2 Å². The van der Waals surface area contributed by atoms with Crippen molar-refractivity contribution in [3.63, 3.8) is 0 Å². The summed E-state index contributed by atoms with van der Waals surface area (Å²) >= 11 is 0. The zero-order valence-electron chi connectivity index (χ0n) is 29.8. The van der Waals surface area contributed by atoms with Gasteiger partial charge in [-0.2, -0.15) is 4.57 Å². The molecule has 4 nitrogen and oxygen atoms in total. The molecule has 0 amide bonds. The lowest BCUT2D eigenvalue weighted by atomic mass is 9.70. The first-order valence-electron chi connectivity index (χ1n) is 18.9. The monoisotopic (exact) mass is 701 g/mol. The average Bonchev–Trinajstić information content (AvgIpc) is 4.00. The predicted octanol–water partition coefficient (Wildman–Crippen LogP) is 11.5. The summed E-state index contributed by atoms with van der Waals surface area (Å²) in [6.45, 7) is 0. The second-order valence-electron chi connectivity index (χ2n) is 14.6. The van der Waals surface area contributed by atoms with Crippen molar-refractivity contribution in [2.75, 3.05) is 0 Å². The van der Waals surface area contributed by atoms with Crippen molar-refractivity contribution in [1.82, 2.24) is 14.5 Å². The maximum Gasteiger partial charge on any atom is 0.292 e. The average molecular weight is 702 g/mol. The van der Waals surface area contributed by atoms with E-state index < -0.39 is 5.41 Å². The van der Waals surface area contributed by atoms with Gasteiger partial charge in [0.1, 0.15) is 11.5 Å². The molecule has 1 atom stereocenters. The molecule has 2 aliphatic rings. The molecule has 0 aliphatic heterocycles.